The molecule has 0 bridgehead atoms. The first-order valence-electron chi connectivity index (χ1n) is 7.74. The van der Waals surface area contributed by atoms with E-state index in [4.69, 9.17) is 4.74 Å². The van der Waals surface area contributed by atoms with E-state index < -0.39 is 0 Å². The maximum Gasteiger partial charge on any atom is 0.0989 e. The molecule has 3 atom stereocenters. The molecule has 0 aromatic heterocycles. The third kappa shape index (κ3) is 3.17. The molecule has 0 spiro atoms. The third-order valence-electron chi connectivity index (χ3n) is 4.19. The largest absolute Gasteiger partial charge is 0.363 e. The Kier molecular flexibility index (Phi) is 4.37. The van der Waals surface area contributed by atoms with Gasteiger partial charge in [-0.2, -0.15) is 0 Å². The minimum absolute atomic E-state index is 0.102. The molecule has 1 aliphatic heterocycles. The number of benzene rings is 2. The zero-order valence-corrected chi connectivity index (χ0v) is 12.7. The Morgan fingerprint density at radius 2 is 1.48 bits per heavy atom. The summed E-state index contributed by atoms with van der Waals surface area (Å²) in [7, 11) is 0. The number of hydrogen-bond acceptors (Lipinski definition) is 2. The van der Waals surface area contributed by atoms with Crippen molar-refractivity contribution in [1.29, 1.82) is 0 Å². The van der Waals surface area contributed by atoms with Gasteiger partial charge in [-0.1, -0.05) is 74.5 Å². The molecule has 0 aliphatic carbocycles. The average molecular weight is 281 g/mol. The second-order valence-electron chi connectivity index (χ2n) is 6.04. The van der Waals surface area contributed by atoms with Crippen molar-refractivity contribution in [2.75, 3.05) is 6.54 Å². The second-order valence-corrected chi connectivity index (χ2v) is 6.04. The minimum Gasteiger partial charge on any atom is -0.363 e. The first-order chi connectivity index (χ1) is 10.3. The molecule has 2 aromatic rings. The van der Waals surface area contributed by atoms with Gasteiger partial charge in [0.1, 0.15) is 0 Å². The van der Waals surface area contributed by atoms with Gasteiger partial charge in [-0.3, -0.25) is 0 Å². The van der Waals surface area contributed by atoms with E-state index in [1.54, 1.807) is 0 Å². The van der Waals surface area contributed by atoms with Crippen molar-refractivity contribution in [3.05, 3.63) is 71.8 Å². The lowest BCUT2D eigenvalue weighted by molar-refractivity contribution is -0.0768. The molecule has 1 aliphatic rings. The van der Waals surface area contributed by atoms with Crippen LogP contribution in [0.25, 0.3) is 0 Å². The summed E-state index contributed by atoms with van der Waals surface area (Å²) in [5, 5.41) is 3.69. The minimum atomic E-state index is 0.102. The van der Waals surface area contributed by atoms with Crippen molar-refractivity contribution in [3.8, 4) is 0 Å². The third-order valence-corrected chi connectivity index (χ3v) is 4.19. The van der Waals surface area contributed by atoms with Gasteiger partial charge in [0.05, 0.1) is 12.2 Å². The summed E-state index contributed by atoms with van der Waals surface area (Å²) >= 11 is 0. The zero-order valence-electron chi connectivity index (χ0n) is 12.7. The van der Waals surface area contributed by atoms with Gasteiger partial charge in [-0.05, 0) is 17.0 Å². The molecular formula is C19H23NO. The van der Waals surface area contributed by atoms with Gasteiger partial charge in [-0.25, -0.2) is 0 Å². The number of ether oxygens (including phenoxy) is 1. The van der Waals surface area contributed by atoms with Crippen molar-refractivity contribution in [2.45, 2.75) is 32.1 Å². The van der Waals surface area contributed by atoms with E-state index in [2.05, 4.69) is 73.8 Å². The molecule has 21 heavy (non-hydrogen) atoms. The fourth-order valence-corrected chi connectivity index (χ4v) is 3.04. The highest BCUT2D eigenvalue weighted by atomic mass is 16.5. The summed E-state index contributed by atoms with van der Waals surface area (Å²) in [4.78, 5) is 0. The Labute approximate surface area is 127 Å². The highest BCUT2D eigenvalue weighted by Crippen LogP contribution is 2.35. The normalized spacial score (nSPS) is 26.0. The Balaban J connectivity index is 1.86. The summed E-state index contributed by atoms with van der Waals surface area (Å²) in [5.74, 6) is 0.534. The molecule has 0 saturated carbocycles. The van der Waals surface area contributed by atoms with Crippen LogP contribution >= 0.6 is 0 Å². The second kappa shape index (κ2) is 6.42. The Hall–Kier alpha value is -1.64. The van der Waals surface area contributed by atoms with Crippen LogP contribution < -0.4 is 5.32 Å². The van der Waals surface area contributed by atoms with Crippen LogP contribution in [0.5, 0.6) is 0 Å². The van der Waals surface area contributed by atoms with Crippen molar-refractivity contribution in [2.24, 2.45) is 5.92 Å². The molecule has 110 valence electrons. The summed E-state index contributed by atoms with van der Waals surface area (Å²) in [6.45, 7) is 5.37. The molecule has 0 radical (unpaired) electrons. The van der Waals surface area contributed by atoms with Crippen molar-refractivity contribution in [3.63, 3.8) is 0 Å². The van der Waals surface area contributed by atoms with Gasteiger partial charge in [0.25, 0.3) is 0 Å². The lowest BCUT2D eigenvalue weighted by Gasteiger charge is -2.40. The highest BCUT2D eigenvalue weighted by Gasteiger charge is 2.34. The van der Waals surface area contributed by atoms with Gasteiger partial charge in [0.2, 0.25) is 0 Å². The van der Waals surface area contributed by atoms with Crippen LogP contribution in [0.2, 0.25) is 0 Å². The van der Waals surface area contributed by atoms with Gasteiger partial charge in [0, 0.05) is 12.6 Å². The number of nitrogens with one attached hydrogen (secondary N) is 1. The lowest BCUT2D eigenvalue weighted by atomic mass is 9.90. The Morgan fingerprint density at radius 1 is 0.905 bits per heavy atom. The molecule has 1 saturated heterocycles. The number of morpholine rings is 1. The summed E-state index contributed by atoms with van der Waals surface area (Å²) in [6, 6.07) is 21.4. The van der Waals surface area contributed by atoms with Crippen LogP contribution in [0.4, 0.5) is 0 Å². The van der Waals surface area contributed by atoms with Gasteiger partial charge in [-0.15, -0.1) is 0 Å². The van der Waals surface area contributed by atoms with Crippen LogP contribution in [0.1, 0.15) is 37.2 Å². The van der Waals surface area contributed by atoms with Gasteiger partial charge < -0.3 is 10.1 Å². The van der Waals surface area contributed by atoms with E-state index >= 15 is 0 Å². The fourth-order valence-electron chi connectivity index (χ4n) is 3.04. The lowest BCUT2D eigenvalue weighted by Crippen LogP contribution is -2.47. The standard InChI is InChI=1S/C19H23NO/c1-14(2)18-19(16-11-7-4-8-12-16)21-17(13-20-18)15-9-5-3-6-10-15/h3-12,14,17-20H,13H2,1-2H3. The predicted octanol–water partition coefficient (Wildman–Crippen LogP) is 4.11. The SMILES string of the molecule is CC(C)C1NCC(c2ccccc2)OC1c1ccccc1. The van der Waals surface area contributed by atoms with Crippen LogP contribution in [0.3, 0.4) is 0 Å². The van der Waals surface area contributed by atoms with Crippen LogP contribution in [0, 0.1) is 5.92 Å². The summed E-state index contributed by atoms with van der Waals surface area (Å²) in [6.07, 6.45) is 0.219. The number of hydrogen-bond donors (Lipinski definition) is 1. The predicted molar refractivity (Wildman–Crippen MR) is 86.1 cm³/mol. The van der Waals surface area contributed by atoms with E-state index in [1.807, 2.05) is 6.07 Å². The van der Waals surface area contributed by atoms with E-state index in [1.165, 1.54) is 11.1 Å². The summed E-state index contributed by atoms with van der Waals surface area (Å²) in [5.41, 5.74) is 2.50. The van der Waals surface area contributed by atoms with Crippen molar-refractivity contribution < 1.29 is 4.74 Å². The van der Waals surface area contributed by atoms with Crippen LogP contribution in [-0.4, -0.2) is 12.6 Å². The van der Waals surface area contributed by atoms with E-state index in [-0.39, 0.29) is 12.2 Å². The molecule has 2 heteroatoms. The molecule has 3 rings (SSSR count). The quantitative estimate of drug-likeness (QED) is 0.914. The Bertz CT molecular complexity index is 552. The molecule has 0 amide bonds. The molecule has 1 N–H and O–H groups in total. The van der Waals surface area contributed by atoms with Crippen molar-refractivity contribution in [1.82, 2.24) is 5.32 Å². The van der Waals surface area contributed by atoms with Gasteiger partial charge in [0.15, 0.2) is 0 Å². The topological polar surface area (TPSA) is 21.3 Å². The molecular weight excluding hydrogens is 258 g/mol. The monoisotopic (exact) mass is 281 g/mol. The van der Waals surface area contributed by atoms with Gasteiger partial charge >= 0.3 is 0 Å². The maximum absolute atomic E-state index is 6.47. The smallest absolute Gasteiger partial charge is 0.0989 e. The molecule has 2 aromatic carbocycles. The highest BCUT2D eigenvalue weighted by molar-refractivity contribution is 5.23. The average Bonchev–Trinajstić information content (AvgIpc) is 2.56. The first-order valence-corrected chi connectivity index (χ1v) is 7.74. The van der Waals surface area contributed by atoms with Crippen LogP contribution in [-0.2, 0) is 4.74 Å². The molecule has 3 unspecified atom stereocenters. The first kappa shape index (κ1) is 14.3. The fraction of sp³-hybridized carbons (Fsp3) is 0.368. The van der Waals surface area contributed by atoms with Crippen LogP contribution in [0.15, 0.2) is 60.7 Å². The molecule has 2 nitrogen and oxygen atoms in total. The Morgan fingerprint density at radius 3 is 2.05 bits per heavy atom. The molecule has 1 heterocycles. The molecule has 1 fully saturated rings. The van der Waals surface area contributed by atoms with E-state index in [0.29, 0.717) is 12.0 Å². The number of rotatable bonds is 3. The van der Waals surface area contributed by atoms with E-state index in [9.17, 15) is 0 Å². The zero-order chi connectivity index (χ0) is 14.7. The van der Waals surface area contributed by atoms with E-state index in [0.717, 1.165) is 6.54 Å². The summed E-state index contributed by atoms with van der Waals surface area (Å²) < 4.78 is 6.47. The van der Waals surface area contributed by atoms with Crippen molar-refractivity contribution >= 4 is 0 Å². The maximum atomic E-state index is 6.47.